The van der Waals surface area contributed by atoms with Crippen molar-refractivity contribution >= 4 is 11.6 Å². The van der Waals surface area contributed by atoms with Gasteiger partial charge in [0.2, 0.25) is 0 Å². The van der Waals surface area contributed by atoms with Crippen LogP contribution in [0.15, 0.2) is 24.4 Å². The number of halogens is 1. The lowest BCUT2D eigenvalue weighted by Gasteiger charge is -2.28. The Morgan fingerprint density at radius 3 is 2.61 bits per heavy atom. The molecule has 5 heteroatoms. The van der Waals surface area contributed by atoms with E-state index >= 15 is 0 Å². The van der Waals surface area contributed by atoms with Crippen molar-refractivity contribution in [2.24, 2.45) is 7.05 Å². The number of hydrogen-bond donors (Lipinski definition) is 0. The summed E-state index contributed by atoms with van der Waals surface area (Å²) in [7, 11) is 2.08. The normalized spacial score (nSPS) is 21.0. The van der Waals surface area contributed by atoms with Gasteiger partial charge in [-0.2, -0.15) is 5.26 Å². The maximum atomic E-state index is 8.91. The van der Waals surface area contributed by atoms with Gasteiger partial charge in [-0.15, -0.1) is 0 Å². The molecule has 3 rings (SSSR count). The molecule has 0 radical (unpaired) electrons. The highest BCUT2D eigenvalue weighted by Gasteiger charge is 2.26. The van der Waals surface area contributed by atoms with Crippen molar-refractivity contribution in [1.82, 2.24) is 9.55 Å². The summed E-state index contributed by atoms with van der Waals surface area (Å²) in [5.74, 6) is 2.44. The van der Waals surface area contributed by atoms with Crippen LogP contribution >= 0.6 is 11.6 Å². The topological polar surface area (TPSA) is 50.8 Å². The van der Waals surface area contributed by atoms with Crippen LogP contribution in [0.25, 0.3) is 0 Å². The number of rotatable bonds is 3. The lowest BCUT2D eigenvalue weighted by atomic mass is 9.86. The van der Waals surface area contributed by atoms with Crippen molar-refractivity contribution < 1.29 is 4.74 Å². The largest absolute Gasteiger partial charge is 0.490 e. The van der Waals surface area contributed by atoms with Crippen LogP contribution in [0.3, 0.4) is 0 Å². The summed E-state index contributed by atoms with van der Waals surface area (Å²) in [5.41, 5.74) is 1.68. The summed E-state index contributed by atoms with van der Waals surface area (Å²) in [6, 6.07) is 7.32. The first-order valence-corrected chi connectivity index (χ1v) is 8.30. The number of hydrogen-bond acceptors (Lipinski definition) is 3. The van der Waals surface area contributed by atoms with Gasteiger partial charge >= 0.3 is 0 Å². The second kappa shape index (κ2) is 6.64. The average molecular weight is 330 g/mol. The van der Waals surface area contributed by atoms with Crippen LogP contribution in [0.2, 0.25) is 5.02 Å². The van der Waals surface area contributed by atoms with Crippen molar-refractivity contribution in [3.05, 3.63) is 46.5 Å². The molecule has 4 nitrogen and oxygen atoms in total. The molecule has 1 aromatic heterocycles. The van der Waals surface area contributed by atoms with Crippen LogP contribution in [0, 0.1) is 18.3 Å². The number of nitriles is 1. The number of imidazole rings is 1. The molecule has 1 aromatic carbocycles. The van der Waals surface area contributed by atoms with Crippen LogP contribution in [-0.2, 0) is 7.05 Å². The van der Waals surface area contributed by atoms with Crippen LogP contribution in [0.4, 0.5) is 0 Å². The van der Waals surface area contributed by atoms with Gasteiger partial charge in [0, 0.05) is 30.9 Å². The summed E-state index contributed by atoms with van der Waals surface area (Å²) >= 11 is 6.06. The molecule has 1 fully saturated rings. The van der Waals surface area contributed by atoms with E-state index in [0.29, 0.717) is 16.5 Å². The van der Waals surface area contributed by atoms with Crippen molar-refractivity contribution in [2.75, 3.05) is 0 Å². The van der Waals surface area contributed by atoms with E-state index in [4.69, 9.17) is 21.6 Å². The number of nitrogens with zero attached hydrogens (tertiary/aromatic N) is 3. The van der Waals surface area contributed by atoms with Crippen LogP contribution < -0.4 is 4.74 Å². The summed E-state index contributed by atoms with van der Waals surface area (Å²) in [6.07, 6.45) is 6.33. The highest BCUT2D eigenvalue weighted by atomic mass is 35.5. The van der Waals surface area contributed by atoms with E-state index in [0.717, 1.165) is 31.4 Å². The molecule has 0 spiro atoms. The Bertz CT molecular complexity index is 739. The van der Waals surface area contributed by atoms with Crippen molar-refractivity contribution in [1.29, 1.82) is 5.26 Å². The second-order valence-corrected chi connectivity index (χ2v) is 6.57. The lowest BCUT2D eigenvalue weighted by Crippen LogP contribution is -2.24. The first-order chi connectivity index (χ1) is 11.1. The molecule has 1 heterocycles. The molecule has 1 aliphatic carbocycles. The molecule has 0 atom stereocenters. The maximum Gasteiger partial charge on any atom is 0.121 e. The first-order valence-electron chi connectivity index (χ1n) is 7.93. The minimum atomic E-state index is 0.205. The smallest absolute Gasteiger partial charge is 0.121 e. The van der Waals surface area contributed by atoms with E-state index in [2.05, 4.69) is 29.6 Å². The molecular formula is C18H20ClN3O. The van der Waals surface area contributed by atoms with Gasteiger partial charge in [-0.3, -0.25) is 0 Å². The third-order valence-electron chi connectivity index (χ3n) is 4.66. The molecule has 1 aliphatic rings. The minimum absolute atomic E-state index is 0.205. The summed E-state index contributed by atoms with van der Waals surface area (Å²) < 4.78 is 8.22. The van der Waals surface area contributed by atoms with Crippen molar-refractivity contribution in [3.8, 4) is 11.8 Å². The Hall–Kier alpha value is -1.99. The van der Waals surface area contributed by atoms with E-state index in [1.165, 1.54) is 11.5 Å². The fourth-order valence-corrected chi connectivity index (χ4v) is 3.40. The van der Waals surface area contributed by atoms with Crippen LogP contribution in [-0.4, -0.2) is 15.7 Å². The van der Waals surface area contributed by atoms with Gasteiger partial charge in [-0.1, -0.05) is 11.6 Å². The lowest BCUT2D eigenvalue weighted by molar-refractivity contribution is 0.144. The number of ether oxygens (including phenoxy) is 1. The Morgan fingerprint density at radius 2 is 2.04 bits per heavy atom. The molecule has 0 N–H and O–H groups in total. The maximum absolute atomic E-state index is 8.91. The number of aromatic nitrogens is 2. The SMILES string of the molecule is Cc1cnc([C@H]2CC[C@H](Oc3ccc(C#N)c(Cl)c3)CC2)n1C. The zero-order valence-corrected chi connectivity index (χ0v) is 14.2. The number of benzene rings is 1. The Balaban J connectivity index is 1.60. The molecule has 23 heavy (non-hydrogen) atoms. The predicted molar refractivity (Wildman–Crippen MR) is 89.7 cm³/mol. The molecular weight excluding hydrogens is 310 g/mol. The monoisotopic (exact) mass is 329 g/mol. The fourth-order valence-electron chi connectivity index (χ4n) is 3.18. The summed E-state index contributed by atoms with van der Waals surface area (Å²) in [4.78, 5) is 4.55. The third-order valence-corrected chi connectivity index (χ3v) is 4.97. The standard InChI is InChI=1S/C18H20ClN3O/c1-12-11-21-18(22(12)2)13-3-6-15(7-4-13)23-16-8-5-14(10-20)17(19)9-16/h5,8-9,11,13,15H,3-4,6-7H2,1-2H3/t13-,15-. The zero-order chi connectivity index (χ0) is 16.4. The number of aryl methyl sites for hydroxylation is 1. The van der Waals surface area contributed by atoms with Crippen molar-refractivity contribution in [3.63, 3.8) is 0 Å². The quantitative estimate of drug-likeness (QED) is 0.840. The van der Waals surface area contributed by atoms with E-state index < -0.39 is 0 Å². The highest BCUT2D eigenvalue weighted by Crippen LogP contribution is 2.34. The minimum Gasteiger partial charge on any atom is -0.490 e. The van der Waals surface area contributed by atoms with Gasteiger partial charge in [0.05, 0.1) is 16.7 Å². The van der Waals surface area contributed by atoms with Gasteiger partial charge in [0.15, 0.2) is 0 Å². The van der Waals surface area contributed by atoms with E-state index in [1.807, 2.05) is 12.3 Å². The van der Waals surface area contributed by atoms with Gasteiger partial charge in [-0.05, 0) is 44.7 Å². The molecule has 0 saturated heterocycles. The zero-order valence-electron chi connectivity index (χ0n) is 13.4. The van der Waals surface area contributed by atoms with Crippen LogP contribution in [0.1, 0.15) is 48.7 Å². The van der Waals surface area contributed by atoms with E-state index in [-0.39, 0.29) is 6.10 Å². The molecule has 2 aromatic rings. The first kappa shape index (κ1) is 15.9. The molecule has 0 amide bonds. The summed E-state index contributed by atoms with van der Waals surface area (Å²) in [6.45, 7) is 2.08. The Labute approximate surface area is 141 Å². The summed E-state index contributed by atoms with van der Waals surface area (Å²) in [5, 5.41) is 9.36. The molecule has 120 valence electrons. The van der Waals surface area contributed by atoms with Gasteiger partial charge < -0.3 is 9.30 Å². The molecule has 0 aliphatic heterocycles. The van der Waals surface area contributed by atoms with Gasteiger partial charge in [-0.25, -0.2) is 4.98 Å². The van der Waals surface area contributed by atoms with E-state index in [9.17, 15) is 0 Å². The van der Waals surface area contributed by atoms with E-state index in [1.54, 1.807) is 12.1 Å². The average Bonchev–Trinajstić information content (AvgIpc) is 2.88. The van der Waals surface area contributed by atoms with Crippen molar-refractivity contribution in [2.45, 2.75) is 44.6 Å². The Morgan fingerprint density at radius 1 is 1.30 bits per heavy atom. The second-order valence-electron chi connectivity index (χ2n) is 6.16. The fraction of sp³-hybridized carbons (Fsp3) is 0.444. The Kier molecular flexibility index (Phi) is 4.58. The predicted octanol–water partition coefficient (Wildman–Crippen LogP) is 4.36. The highest BCUT2D eigenvalue weighted by molar-refractivity contribution is 6.31. The molecule has 0 unspecified atom stereocenters. The van der Waals surface area contributed by atoms with Gasteiger partial charge in [0.25, 0.3) is 0 Å². The molecule has 0 bridgehead atoms. The molecule has 1 saturated carbocycles. The third kappa shape index (κ3) is 3.35. The van der Waals surface area contributed by atoms with Gasteiger partial charge in [0.1, 0.15) is 17.6 Å². The van der Waals surface area contributed by atoms with Crippen LogP contribution in [0.5, 0.6) is 5.75 Å².